The minimum atomic E-state index is -0.231. The maximum absolute atomic E-state index is 5.52. The fraction of sp³-hybridized carbons (Fsp3) is 0.875. The first kappa shape index (κ1) is 8.53. The molecule has 0 aromatic rings. The van der Waals surface area contributed by atoms with Gasteiger partial charge in [-0.25, -0.2) is 0 Å². The highest BCUT2D eigenvalue weighted by molar-refractivity contribution is 5.90. The molecule has 3 heteroatoms. The van der Waals surface area contributed by atoms with E-state index in [0.29, 0.717) is 0 Å². The van der Waals surface area contributed by atoms with Gasteiger partial charge in [-0.05, 0) is 20.8 Å². The average molecular weight is 156 g/mol. The van der Waals surface area contributed by atoms with Gasteiger partial charge in [-0.1, -0.05) is 0 Å². The Balaban J connectivity index is 2.55. The van der Waals surface area contributed by atoms with Crippen molar-refractivity contribution in [3.8, 4) is 0 Å². The van der Waals surface area contributed by atoms with Crippen molar-refractivity contribution in [1.82, 2.24) is 5.32 Å². The maximum Gasteiger partial charge on any atom is 0.129 e. The van der Waals surface area contributed by atoms with E-state index in [2.05, 4.69) is 10.3 Å². The largest absolute Gasteiger partial charge is 0.370 e. The Bertz CT molecular complexity index is 163. The second kappa shape index (κ2) is 3.22. The van der Waals surface area contributed by atoms with Gasteiger partial charge in [-0.2, -0.15) is 0 Å². The molecule has 11 heavy (non-hydrogen) atoms. The Morgan fingerprint density at radius 1 is 1.64 bits per heavy atom. The van der Waals surface area contributed by atoms with Gasteiger partial charge in [-0.3, -0.25) is 4.99 Å². The zero-order valence-corrected chi connectivity index (χ0v) is 7.48. The van der Waals surface area contributed by atoms with Crippen molar-refractivity contribution >= 4 is 5.84 Å². The molecule has 1 rings (SSSR count). The first-order chi connectivity index (χ1) is 5.17. The highest BCUT2D eigenvalue weighted by Crippen LogP contribution is 2.11. The molecule has 0 amide bonds. The molecule has 1 aliphatic heterocycles. The van der Waals surface area contributed by atoms with E-state index in [1.807, 2.05) is 20.8 Å². The lowest BCUT2D eigenvalue weighted by Crippen LogP contribution is -2.42. The number of rotatable bonds is 3. The standard InChI is InChI=1S/C8H16N2O/c1-4-11-8(2,3)7-9-5-6-10-7/h4-6H2,1-3H3,(H,9,10). The Kier molecular flexibility index (Phi) is 2.49. The van der Waals surface area contributed by atoms with Crippen LogP contribution in [0.15, 0.2) is 4.99 Å². The molecule has 0 radical (unpaired) electrons. The fourth-order valence-corrected chi connectivity index (χ4v) is 1.23. The molecule has 0 bridgehead atoms. The van der Waals surface area contributed by atoms with Gasteiger partial charge in [0.2, 0.25) is 0 Å². The molecule has 1 heterocycles. The van der Waals surface area contributed by atoms with E-state index in [-0.39, 0.29) is 5.60 Å². The predicted molar refractivity (Wildman–Crippen MR) is 46.0 cm³/mol. The summed E-state index contributed by atoms with van der Waals surface area (Å²) in [6.45, 7) is 8.63. The summed E-state index contributed by atoms with van der Waals surface area (Å²) >= 11 is 0. The number of hydrogen-bond acceptors (Lipinski definition) is 3. The molecular weight excluding hydrogens is 140 g/mol. The quantitative estimate of drug-likeness (QED) is 0.656. The van der Waals surface area contributed by atoms with Gasteiger partial charge in [0, 0.05) is 13.2 Å². The number of nitrogens with zero attached hydrogens (tertiary/aromatic N) is 1. The highest BCUT2D eigenvalue weighted by atomic mass is 16.5. The van der Waals surface area contributed by atoms with Crippen LogP contribution in [0.1, 0.15) is 20.8 Å². The Hall–Kier alpha value is -0.570. The molecule has 0 atom stereocenters. The topological polar surface area (TPSA) is 33.6 Å². The molecule has 0 spiro atoms. The summed E-state index contributed by atoms with van der Waals surface area (Å²) < 4.78 is 5.52. The second-order valence-corrected chi connectivity index (χ2v) is 3.10. The van der Waals surface area contributed by atoms with Gasteiger partial charge in [0.1, 0.15) is 11.4 Å². The summed E-state index contributed by atoms with van der Waals surface area (Å²) in [5.74, 6) is 0.986. The zero-order valence-electron chi connectivity index (χ0n) is 7.48. The van der Waals surface area contributed by atoms with Crippen molar-refractivity contribution in [2.45, 2.75) is 26.4 Å². The summed E-state index contributed by atoms with van der Waals surface area (Å²) in [5.41, 5.74) is -0.231. The van der Waals surface area contributed by atoms with E-state index in [1.165, 1.54) is 0 Å². The SMILES string of the molecule is CCOC(C)(C)C1=NCCN1. The molecule has 3 nitrogen and oxygen atoms in total. The lowest BCUT2D eigenvalue weighted by atomic mass is 10.1. The Morgan fingerprint density at radius 3 is 2.82 bits per heavy atom. The van der Waals surface area contributed by atoms with Crippen LogP contribution >= 0.6 is 0 Å². The van der Waals surface area contributed by atoms with E-state index in [0.717, 1.165) is 25.5 Å². The number of aliphatic imine (C=N–C) groups is 1. The normalized spacial score (nSPS) is 17.9. The molecule has 0 aromatic heterocycles. The lowest BCUT2D eigenvalue weighted by Gasteiger charge is -2.24. The fourth-order valence-electron chi connectivity index (χ4n) is 1.23. The molecule has 64 valence electrons. The van der Waals surface area contributed by atoms with Crippen molar-refractivity contribution in [3.63, 3.8) is 0 Å². The van der Waals surface area contributed by atoms with Gasteiger partial charge in [0.05, 0.1) is 6.54 Å². The van der Waals surface area contributed by atoms with Gasteiger partial charge < -0.3 is 10.1 Å². The van der Waals surface area contributed by atoms with E-state index in [1.54, 1.807) is 0 Å². The van der Waals surface area contributed by atoms with E-state index < -0.39 is 0 Å². The van der Waals surface area contributed by atoms with Crippen LogP contribution in [0, 0.1) is 0 Å². The van der Waals surface area contributed by atoms with Crippen LogP contribution in [0.25, 0.3) is 0 Å². The molecule has 0 aliphatic carbocycles. The van der Waals surface area contributed by atoms with Crippen LogP contribution in [0.3, 0.4) is 0 Å². The van der Waals surface area contributed by atoms with Gasteiger partial charge in [0.25, 0.3) is 0 Å². The molecule has 1 aliphatic rings. The summed E-state index contributed by atoms with van der Waals surface area (Å²) in [7, 11) is 0. The van der Waals surface area contributed by atoms with E-state index in [4.69, 9.17) is 4.74 Å². The van der Waals surface area contributed by atoms with Gasteiger partial charge in [0.15, 0.2) is 0 Å². The molecule has 0 saturated heterocycles. The molecule has 1 N–H and O–H groups in total. The summed E-state index contributed by atoms with van der Waals surface area (Å²) in [4.78, 5) is 4.31. The summed E-state index contributed by atoms with van der Waals surface area (Å²) in [6, 6.07) is 0. The third-order valence-corrected chi connectivity index (χ3v) is 1.75. The van der Waals surface area contributed by atoms with Crippen LogP contribution in [0.4, 0.5) is 0 Å². The molecule has 0 aromatic carbocycles. The van der Waals surface area contributed by atoms with E-state index in [9.17, 15) is 0 Å². The summed E-state index contributed by atoms with van der Waals surface area (Å²) in [6.07, 6.45) is 0. The van der Waals surface area contributed by atoms with Crippen molar-refractivity contribution in [3.05, 3.63) is 0 Å². The zero-order chi connectivity index (χ0) is 8.32. The smallest absolute Gasteiger partial charge is 0.129 e. The lowest BCUT2D eigenvalue weighted by molar-refractivity contribution is 0.0421. The Morgan fingerprint density at radius 2 is 2.36 bits per heavy atom. The number of nitrogens with one attached hydrogen (secondary N) is 1. The first-order valence-electron chi connectivity index (χ1n) is 4.09. The minimum Gasteiger partial charge on any atom is -0.370 e. The molecular formula is C8H16N2O. The van der Waals surface area contributed by atoms with Crippen molar-refractivity contribution < 1.29 is 4.74 Å². The molecule has 0 saturated carbocycles. The number of ether oxygens (including phenoxy) is 1. The van der Waals surface area contributed by atoms with Crippen molar-refractivity contribution in [2.75, 3.05) is 19.7 Å². The maximum atomic E-state index is 5.52. The number of amidine groups is 1. The third-order valence-electron chi connectivity index (χ3n) is 1.75. The number of hydrogen-bond donors (Lipinski definition) is 1. The predicted octanol–water partition coefficient (Wildman–Crippen LogP) is 0.803. The van der Waals surface area contributed by atoms with Crippen LogP contribution in [0.5, 0.6) is 0 Å². The van der Waals surface area contributed by atoms with E-state index >= 15 is 0 Å². The van der Waals surface area contributed by atoms with Crippen LogP contribution in [-0.4, -0.2) is 31.1 Å². The van der Waals surface area contributed by atoms with Crippen molar-refractivity contribution in [1.29, 1.82) is 0 Å². The van der Waals surface area contributed by atoms with Gasteiger partial charge in [-0.15, -0.1) is 0 Å². The van der Waals surface area contributed by atoms with Gasteiger partial charge >= 0.3 is 0 Å². The second-order valence-electron chi connectivity index (χ2n) is 3.10. The van der Waals surface area contributed by atoms with Crippen LogP contribution in [-0.2, 0) is 4.74 Å². The summed E-state index contributed by atoms with van der Waals surface area (Å²) in [5, 5.41) is 3.21. The van der Waals surface area contributed by atoms with Crippen molar-refractivity contribution in [2.24, 2.45) is 4.99 Å². The first-order valence-corrected chi connectivity index (χ1v) is 4.09. The van der Waals surface area contributed by atoms with Crippen LogP contribution in [0.2, 0.25) is 0 Å². The molecule has 0 unspecified atom stereocenters. The highest BCUT2D eigenvalue weighted by Gasteiger charge is 2.26. The average Bonchev–Trinajstić information content (AvgIpc) is 2.37. The van der Waals surface area contributed by atoms with Crippen LogP contribution < -0.4 is 5.32 Å². The third kappa shape index (κ3) is 1.93. The minimum absolute atomic E-state index is 0.231. The monoisotopic (exact) mass is 156 g/mol. The Labute approximate surface area is 67.8 Å². The molecule has 0 fully saturated rings.